The number of carbonyl (C=O) groups is 2. The van der Waals surface area contributed by atoms with Crippen molar-refractivity contribution in [1.82, 2.24) is 34.6 Å². The van der Waals surface area contributed by atoms with E-state index < -0.39 is 5.60 Å². The maximum atomic E-state index is 13.3. The summed E-state index contributed by atoms with van der Waals surface area (Å²) in [4.78, 5) is 47.6. The second-order valence-electron chi connectivity index (χ2n) is 10.9. The van der Waals surface area contributed by atoms with E-state index in [1.807, 2.05) is 29.3 Å². The average Bonchev–Trinajstić information content (AvgIpc) is 3.37. The van der Waals surface area contributed by atoms with Crippen LogP contribution >= 0.6 is 0 Å². The number of hydrogen-bond acceptors (Lipinski definition) is 10. The fourth-order valence-corrected chi connectivity index (χ4v) is 5.36. The second-order valence-corrected chi connectivity index (χ2v) is 10.9. The molecular formula is C28H28N8O5. The number of amides is 1. The maximum absolute atomic E-state index is 13.3. The fourth-order valence-electron chi connectivity index (χ4n) is 5.36. The van der Waals surface area contributed by atoms with E-state index in [0.717, 1.165) is 30.5 Å². The fraction of sp³-hybridized carbons (Fsp3) is 0.357. The molecule has 0 bridgehead atoms. The third kappa shape index (κ3) is 4.67. The van der Waals surface area contributed by atoms with E-state index in [9.17, 15) is 19.5 Å². The molecule has 210 valence electrons. The van der Waals surface area contributed by atoms with Gasteiger partial charge in [0, 0.05) is 30.8 Å². The van der Waals surface area contributed by atoms with Crippen LogP contribution in [-0.4, -0.2) is 71.8 Å². The van der Waals surface area contributed by atoms with Crippen molar-refractivity contribution in [3.8, 4) is 5.69 Å². The maximum Gasteiger partial charge on any atom is 0.291 e. The van der Waals surface area contributed by atoms with Gasteiger partial charge in [-0.15, -0.1) is 0 Å². The number of fused-ring (bicyclic) bond motifs is 1. The molecule has 2 N–H and O–H groups in total. The van der Waals surface area contributed by atoms with E-state index in [-0.39, 0.29) is 23.8 Å². The molecule has 0 atom stereocenters. The van der Waals surface area contributed by atoms with Gasteiger partial charge in [0.05, 0.1) is 42.5 Å². The monoisotopic (exact) mass is 556 g/mol. The molecule has 4 aromatic rings. The van der Waals surface area contributed by atoms with E-state index in [4.69, 9.17) is 4.42 Å². The molecule has 7 rings (SSSR count). The number of carbonyl (C=O) groups excluding carboxylic acids is 2. The number of nitrogens with zero attached hydrogens (tertiary/aromatic N) is 7. The quantitative estimate of drug-likeness (QED) is 0.321. The molecule has 0 spiro atoms. The molecule has 3 aromatic heterocycles. The molecule has 13 nitrogen and oxygen atoms in total. The predicted octanol–water partition coefficient (Wildman–Crippen LogP) is 1.52. The van der Waals surface area contributed by atoms with Crippen molar-refractivity contribution in [2.75, 3.05) is 24.6 Å². The van der Waals surface area contributed by atoms with Crippen LogP contribution in [0, 0.1) is 0 Å². The van der Waals surface area contributed by atoms with Gasteiger partial charge in [0.15, 0.2) is 11.5 Å². The van der Waals surface area contributed by atoms with Crippen LogP contribution in [0.2, 0.25) is 0 Å². The Kier molecular flexibility index (Phi) is 5.96. The van der Waals surface area contributed by atoms with Crippen molar-refractivity contribution < 1.29 is 19.1 Å². The Hall–Kier alpha value is -4.78. The first-order valence-electron chi connectivity index (χ1n) is 13.6. The molecule has 0 radical (unpaired) electrons. The molecule has 5 heterocycles. The van der Waals surface area contributed by atoms with Crippen LogP contribution in [0.15, 0.2) is 64.0 Å². The zero-order valence-corrected chi connectivity index (χ0v) is 22.1. The summed E-state index contributed by atoms with van der Waals surface area (Å²) in [5, 5.41) is 17.9. The summed E-state index contributed by atoms with van der Waals surface area (Å²) >= 11 is 0. The molecule has 13 heteroatoms. The number of aldehydes is 1. The van der Waals surface area contributed by atoms with Crippen LogP contribution in [-0.2, 0) is 11.3 Å². The lowest BCUT2D eigenvalue weighted by Gasteiger charge is -2.38. The number of piperidine rings is 1. The average molecular weight is 557 g/mol. The first-order valence-corrected chi connectivity index (χ1v) is 13.6. The number of nitrogens with one attached hydrogen (secondary N) is 1. The number of oxazole rings is 1. The summed E-state index contributed by atoms with van der Waals surface area (Å²) < 4.78 is 8.65. The molecule has 3 aliphatic rings. The summed E-state index contributed by atoms with van der Waals surface area (Å²) in [6.07, 6.45) is 9.59. The Labute approximate surface area is 233 Å². The van der Waals surface area contributed by atoms with Gasteiger partial charge in [0.1, 0.15) is 18.0 Å². The predicted molar refractivity (Wildman–Crippen MR) is 146 cm³/mol. The van der Waals surface area contributed by atoms with Crippen LogP contribution in [0.5, 0.6) is 0 Å². The molecule has 1 aliphatic carbocycles. The number of hydrogen-bond donors (Lipinski definition) is 2. The van der Waals surface area contributed by atoms with Gasteiger partial charge in [0.2, 0.25) is 5.76 Å². The van der Waals surface area contributed by atoms with Crippen LogP contribution in [0.4, 0.5) is 5.69 Å². The third-order valence-electron chi connectivity index (χ3n) is 7.97. The molecule has 2 fully saturated rings. The van der Waals surface area contributed by atoms with E-state index in [2.05, 4.69) is 20.5 Å². The normalized spacial score (nSPS) is 18.4. The number of rotatable bonds is 7. The van der Waals surface area contributed by atoms with E-state index in [0.29, 0.717) is 60.9 Å². The van der Waals surface area contributed by atoms with Gasteiger partial charge in [-0.05, 0) is 49.9 Å². The van der Waals surface area contributed by atoms with Crippen molar-refractivity contribution in [2.24, 2.45) is 0 Å². The largest absolute Gasteiger partial charge is 0.435 e. The lowest BCUT2D eigenvalue weighted by molar-refractivity contribution is -0.104. The minimum Gasteiger partial charge on any atom is -0.435 e. The first kappa shape index (κ1) is 25.2. The van der Waals surface area contributed by atoms with Gasteiger partial charge in [-0.1, -0.05) is 0 Å². The molecule has 1 saturated heterocycles. The number of anilines is 1. The van der Waals surface area contributed by atoms with E-state index >= 15 is 0 Å². The summed E-state index contributed by atoms with van der Waals surface area (Å²) in [6, 6.07) is 7.50. The number of benzene rings is 1. The molecular weight excluding hydrogens is 528 g/mol. The van der Waals surface area contributed by atoms with Crippen molar-refractivity contribution in [3.05, 3.63) is 76.8 Å². The van der Waals surface area contributed by atoms with Crippen molar-refractivity contribution in [2.45, 2.75) is 43.7 Å². The van der Waals surface area contributed by atoms with Gasteiger partial charge in [0.25, 0.3) is 11.5 Å². The summed E-state index contributed by atoms with van der Waals surface area (Å²) in [6.45, 7) is 1.21. The SMILES string of the molecule is O=CC1=CNN(c2ccc(-n3ncc4c(=O)n(CC5(O)CCN(C(=O)c6cnc(C7CC7)o6)CC5)cnc43)cc2)C1. The summed E-state index contributed by atoms with van der Waals surface area (Å²) in [5.41, 5.74) is 4.25. The summed E-state index contributed by atoms with van der Waals surface area (Å²) in [5.74, 6) is 0.946. The highest BCUT2D eigenvalue weighted by molar-refractivity contribution is 5.91. The molecule has 41 heavy (non-hydrogen) atoms. The van der Waals surface area contributed by atoms with Gasteiger partial charge < -0.3 is 19.8 Å². The van der Waals surface area contributed by atoms with Gasteiger partial charge >= 0.3 is 0 Å². The zero-order valence-electron chi connectivity index (χ0n) is 22.1. The smallest absolute Gasteiger partial charge is 0.291 e. The minimum absolute atomic E-state index is 0.0600. The number of likely N-dealkylation sites (tertiary alicyclic amines) is 1. The van der Waals surface area contributed by atoms with Crippen molar-refractivity contribution in [3.63, 3.8) is 0 Å². The highest BCUT2D eigenvalue weighted by atomic mass is 16.4. The van der Waals surface area contributed by atoms with Crippen molar-refractivity contribution in [1.29, 1.82) is 0 Å². The van der Waals surface area contributed by atoms with Gasteiger partial charge in [-0.3, -0.25) is 24.0 Å². The highest BCUT2D eigenvalue weighted by Crippen LogP contribution is 2.39. The standard InChI is InChI=1S/C28H28N8O5/c37-15-18-11-31-35(14-18)20-3-5-21(6-4-20)36-24-22(12-32-36)26(38)34(17-30-24)16-28(40)7-9-33(10-8-28)27(39)23-13-29-25(41-23)19-1-2-19/h3-6,11-13,15,17,19,31,40H,1-2,7-10,14,16H2. The van der Waals surface area contributed by atoms with Crippen LogP contribution < -0.4 is 16.0 Å². The topological polar surface area (TPSA) is 152 Å². The van der Waals surface area contributed by atoms with Gasteiger partial charge in [-0.2, -0.15) is 5.10 Å². The minimum atomic E-state index is -1.16. The number of aromatic nitrogens is 5. The Morgan fingerprint density at radius 3 is 2.59 bits per heavy atom. The Bertz CT molecular complexity index is 1720. The molecule has 1 saturated carbocycles. The van der Waals surface area contributed by atoms with E-state index in [1.165, 1.54) is 23.3 Å². The van der Waals surface area contributed by atoms with Crippen LogP contribution in [0.3, 0.4) is 0 Å². The van der Waals surface area contributed by atoms with E-state index in [1.54, 1.807) is 15.8 Å². The second kappa shape index (κ2) is 9.70. The Balaban J connectivity index is 1.03. The summed E-state index contributed by atoms with van der Waals surface area (Å²) in [7, 11) is 0. The molecule has 0 unspecified atom stereocenters. The highest BCUT2D eigenvalue weighted by Gasteiger charge is 2.36. The molecule has 1 amide bonds. The van der Waals surface area contributed by atoms with Crippen LogP contribution in [0.25, 0.3) is 16.7 Å². The lowest BCUT2D eigenvalue weighted by atomic mass is 9.91. The molecule has 1 aromatic carbocycles. The number of aliphatic hydroxyl groups is 1. The van der Waals surface area contributed by atoms with Crippen molar-refractivity contribution >= 4 is 28.9 Å². The first-order chi connectivity index (χ1) is 19.9. The Morgan fingerprint density at radius 1 is 1.12 bits per heavy atom. The zero-order chi connectivity index (χ0) is 28.1. The molecule has 2 aliphatic heterocycles. The number of hydrazine groups is 1. The van der Waals surface area contributed by atoms with Crippen LogP contribution in [0.1, 0.15) is 48.0 Å². The lowest BCUT2D eigenvalue weighted by Crippen LogP contribution is -2.49. The Morgan fingerprint density at radius 2 is 1.88 bits per heavy atom. The van der Waals surface area contributed by atoms with Gasteiger partial charge in [-0.25, -0.2) is 14.6 Å². The third-order valence-corrected chi connectivity index (χ3v) is 7.97.